The van der Waals surface area contributed by atoms with E-state index in [-0.39, 0.29) is 11.4 Å². The standard InChI is InChI=1S/C16H11BrN2O2/c17-10-5-7-11(8-6-10)18-14-9-15(20)16(19-21)13-4-2-1-3-12(13)14/h1-9,18,20H. The van der Waals surface area contributed by atoms with E-state index in [2.05, 4.69) is 26.4 Å². The molecule has 0 heterocycles. The molecule has 5 heteroatoms. The Hall–Kier alpha value is -2.40. The van der Waals surface area contributed by atoms with Crippen LogP contribution in [-0.2, 0) is 0 Å². The van der Waals surface area contributed by atoms with Crippen molar-refractivity contribution in [3.05, 3.63) is 64.0 Å². The maximum absolute atomic E-state index is 10.9. The zero-order chi connectivity index (χ0) is 14.8. The minimum atomic E-state index is -0.136. The van der Waals surface area contributed by atoms with Crippen LogP contribution in [0.3, 0.4) is 0 Å². The summed E-state index contributed by atoms with van der Waals surface area (Å²) in [5.41, 5.74) is 1.67. The molecule has 0 aliphatic carbocycles. The first-order valence-corrected chi connectivity index (χ1v) is 7.09. The minimum Gasteiger partial charge on any atom is -0.505 e. The van der Waals surface area contributed by atoms with E-state index in [1.165, 1.54) is 6.07 Å². The number of rotatable bonds is 3. The van der Waals surface area contributed by atoms with Gasteiger partial charge in [-0.15, -0.1) is 4.91 Å². The minimum absolute atomic E-state index is 0.0620. The lowest BCUT2D eigenvalue weighted by molar-refractivity contribution is 0.478. The van der Waals surface area contributed by atoms with Crippen molar-refractivity contribution in [2.75, 3.05) is 5.32 Å². The summed E-state index contributed by atoms with van der Waals surface area (Å²) in [6.45, 7) is 0. The van der Waals surface area contributed by atoms with E-state index >= 15 is 0 Å². The number of nitrogens with zero attached hydrogens (tertiary/aromatic N) is 1. The number of aromatic hydroxyl groups is 1. The summed E-state index contributed by atoms with van der Waals surface area (Å²) in [6, 6.07) is 16.5. The molecule has 0 aliphatic heterocycles. The van der Waals surface area contributed by atoms with Gasteiger partial charge in [-0.25, -0.2) is 0 Å². The number of hydrogen-bond donors (Lipinski definition) is 2. The first-order valence-electron chi connectivity index (χ1n) is 6.29. The number of phenols is 1. The first kappa shape index (κ1) is 13.6. The van der Waals surface area contributed by atoms with Crippen molar-refractivity contribution in [3.63, 3.8) is 0 Å². The summed E-state index contributed by atoms with van der Waals surface area (Å²) in [6.07, 6.45) is 0. The molecule has 0 unspecified atom stereocenters. The van der Waals surface area contributed by atoms with Gasteiger partial charge in [-0.3, -0.25) is 0 Å². The monoisotopic (exact) mass is 342 g/mol. The number of phenolic OH excluding ortho intramolecular Hbond substituents is 1. The second kappa shape index (κ2) is 5.54. The highest BCUT2D eigenvalue weighted by molar-refractivity contribution is 9.10. The summed E-state index contributed by atoms with van der Waals surface area (Å²) in [5.74, 6) is -0.136. The summed E-state index contributed by atoms with van der Waals surface area (Å²) < 4.78 is 0.987. The molecule has 0 aromatic heterocycles. The maximum atomic E-state index is 10.9. The van der Waals surface area contributed by atoms with Crippen molar-refractivity contribution in [2.45, 2.75) is 0 Å². The van der Waals surface area contributed by atoms with Crippen LogP contribution in [0.25, 0.3) is 10.8 Å². The highest BCUT2D eigenvalue weighted by Crippen LogP contribution is 2.40. The van der Waals surface area contributed by atoms with Gasteiger partial charge in [-0.05, 0) is 29.4 Å². The van der Waals surface area contributed by atoms with E-state index in [1.54, 1.807) is 12.1 Å². The molecule has 3 aromatic carbocycles. The van der Waals surface area contributed by atoms with E-state index < -0.39 is 0 Å². The average molecular weight is 343 g/mol. The molecule has 0 aliphatic rings. The molecule has 0 amide bonds. The van der Waals surface area contributed by atoms with Gasteiger partial charge in [0.2, 0.25) is 0 Å². The molecule has 3 aromatic rings. The lowest BCUT2D eigenvalue weighted by Crippen LogP contribution is -1.91. The van der Waals surface area contributed by atoms with Gasteiger partial charge in [-0.1, -0.05) is 40.2 Å². The van der Waals surface area contributed by atoms with Gasteiger partial charge in [-0.2, -0.15) is 0 Å². The smallest absolute Gasteiger partial charge is 0.157 e. The zero-order valence-corrected chi connectivity index (χ0v) is 12.5. The summed E-state index contributed by atoms with van der Waals surface area (Å²) in [7, 11) is 0. The van der Waals surface area contributed by atoms with E-state index in [0.717, 1.165) is 21.2 Å². The van der Waals surface area contributed by atoms with Crippen LogP contribution in [-0.4, -0.2) is 5.11 Å². The van der Waals surface area contributed by atoms with Crippen molar-refractivity contribution in [1.82, 2.24) is 0 Å². The highest BCUT2D eigenvalue weighted by Gasteiger charge is 2.12. The molecule has 0 bridgehead atoms. The zero-order valence-electron chi connectivity index (χ0n) is 10.9. The van der Waals surface area contributed by atoms with Gasteiger partial charge in [0, 0.05) is 27.0 Å². The second-order valence-corrected chi connectivity index (χ2v) is 5.48. The SMILES string of the molecule is O=Nc1c(O)cc(Nc2ccc(Br)cc2)c2ccccc12. The molecule has 3 rings (SSSR count). The summed E-state index contributed by atoms with van der Waals surface area (Å²) in [5, 5.41) is 17.6. The topological polar surface area (TPSA) is 61.7 Å². The Morgan fingerprint density at radius 2 is 1.67 bits per heavy atom. The van der Waals surface area contributed by atoms with Crippen LogP contribution in [0, 0.1) is 4.91 Å². The van der Waals surface area contributed by atoms with Crippen molar-refractivity contribution >= 4 is 43.8 Å². The highest BCUT2D eigenvalue weighted by atomic mass is 79.9. The van der Waals surface area contributed by atoms with Gasteiger partial charge in [0.25, 0.3) is 0 Å². The molecule has 0 saturated heterocycles. The molecule has 2 N–H and O–H groups in total. The fraction of sp³-hybridized carbons (Fsp3) is 0. The van der Waals surface area contributed by atoms with Gasteiger partial charge in [0.05, 0.1) is 5.69 Å². The molecular formula is C16H11BrN2O2. The van der Waals surface area contributed by atoms with Crippen LogP contribution in [0.5, 0.6) is 5.75 Å². The summed E-state index contributed by atoms with van der Waals surface area (Å²) in [4.78, 5) is 10.9. The van der Waals surface area contributed by atoms with Crippen LogP contribution >= 0.6 is 15.9 Å². The Bertz CT molecular complexity index is 816. The van der Waals surface area contributed by atoms with Gasteiger partial charge < -0.3 is 10.4 Å². The van der Waals surface area contributed by atoms with Crippen LogP contribution in [0.1, 0.15) is 0 Å². The lowest BCUT2D eigenvalue weighted by Gasteiger charge is -2.12. The van der Waals surface area contributed by atoms with Crippen molar-refractivity contribution < 1.29 is 5.11 Å². The largest absolute Gasteiger partial charge is 0.505 e. The molecule has 0 fully saturated rings. The third-order valence-electron chi connectivity index (χ3n) is 3.21. The van der Waals surface area contributed by atoms with E-state index in [4.69, 9.17) is 0 Å². The van der Waals surface area contributed by atoms with Crippen molar-refractivity contribution in [3.8, 4) is 5.75 Å². The van der Waals surface area contributed by atoms with E-state index in [0.29, 0.717) is 5.39 Å². The maximum Gasteiger partial charge on any atom is 0.157 e. The Balaban J connectivity index is 2.14. The number of nitrogens with one attached hydrogen (secondary N) is 1. The third kappa shape index (κ3) is 2.60. The molecule has 4 nitrogen and oxygen atoms in total. The Kier molecular flexibility index (Phi) is 3.58. The Labute approximate surface area is 129 Å². The lowest BCUT2D eigenvalue weighted by atomic mass is 10.1. The van der Waals surface area contributed by atoms with E-state index in [1.807, 2.05) is 36.4 Å². The quantitative estimate of drug-likeness (QED) is 0.622. The van der Waals surface area contributed by atoms with Crippen LogP contribution in [0.2, 0.25) is 0 Å². The summed E-state index contributed by atoms with van der Waals surface area (Å²) >= 11 is 3.39. The predicted octanol–water partition coefficient (Wildman–Crippen LogP) is 5.45. The van der Waals surface area contributed by atoms with Gasteiger partial charge in [0.1, 0.15) is 5.75 Å². The molecule has 21 heavy (non-hydrogen) atoms. The third-order valence-corrected chi connectivity index (χ3v) is 3.74. The number of fused-ring (bicyclic) bond motifs is 1. The number of nitroso groups, excluding NO2 is 1. The fourth-order valence-corrected chi connectivity index (χ4v) is 2.50. The van der Waals surface area contributed by atoms with Crippen LogP contribution in [0.15, 0.2) is 64.2 Å². The molecule has 0 radical (unpaired) electrons. The van der Waals surface area contributed by atoms with Crippen LogP contribution in [0.4, 0.5) is 17.1 Å². The first-order chi connectivity index (χ1) is 10.2. The molecule has 0 atom stereocenters. The van der Waals surface area contributed by atoms with Crippen LogP contribution < -0.4 is 5.32 Å². The normalized spacial score (nSPS) is 10.5. The van der Waals surface area contributed by atoms with Gasteiger partial charge in [0.15, 0.2) is 5.69 Å². The van der Waals surface area contributed by atoms with Crippen molar-refractivity contribution in [1.29, 1.82) is 0 Å². The average Bonchev–Trinajstić information content (AvgIpc) is 2.50. The second-order valence-electron chi connectivity index (χ2n) is 4.56. The van der Waals surface area contributed by atoms with Gasteiger partial charge >= 0.3 is 0 Å². The number of halogens is 1. The number of anilines is 2. The predicted molar refractivity (Wildman–Crippen MR) is 88.5 cm³/mol. The van der Waals surface area contributed by atoms with Crippen molar-refractivity contribution in [2.24, 2.45) is 5.18 Å². The Morgan fingerprint density at radius 1 is 1.00 bits per heavy atom. The number of hydrogen-bond acceptors (Lipinski definition) is 4. The van der Waals surface area contributed by atoms with E-state index in [9.17, 15) is 10.0 Å². The number of benzene rings is 3. The Morgan fingerprint density at radius 3 is 2.33 bits per heavy atom. The molecule has 104 valence electrons. The molecule has 0 spiro atoms. The fourth-order valence-electron chi connectivity index (χ4n) is 2.23. The molecule has 0 saturated carbocycles. The molecular weight excluding hydrogens is 332 g/mol.